The van der Waals surface area contributed by atoms with Crippen molar-refractivity contribution >= 4 is 16.8 Å². The molecule has 1 saturated heterocycles. The van der Waals surface area contributed by atoms with Gasteiger partial charge in [0, 0.05) is 30.4 Å². The molecule has 4 heteroatoms. The summed E-state index contributed by atoms with van der Waals surface area (Å²) in [6, 6.07) is 7.80. The van der Waals surface area contributed by atoms with Crippen molar-refractivity contribution in [3.8, 4) is 0 Å². The summed E-state index contributed by atoms with van der Waals surface area (Å²) in [7, 11) is 0. The first kappa shape index (κ1) is 13.2. The topological polar surface area (TPSA) is 45.3 Å². The molecule has 2 heterocycles. The number of rotatable bonds is 1. The highest BCUT2D eigenvalue weighted by atomic mass is 16.5. The van der Waals surface area contributed by atoms with Crippen LogP contribution in [0.1, 0.15) is 31.1 Å². The van der Waals surface area contributed by atoms with E-state index in [0.717, 1.165) is 16.5 Å². The Kier molecular flexibility index (Phi) is 3.05. The summed E-state index contributed by atoms with van der Waals surface area (Å²) >= 11 is 0. The molecule has 1 aliphatic rings. The number of H-pyrrole nitrogens is 1. The van der Waals surface area contributed by atoms with Crippen molar-refractivity contribution in [2.75, 3.05) is 13.1 Å². The van der Waals surface area contributed by atoms with E-state index < -0.39 is 0 Å². The number of aromatic amines is 1. The molecular formula is C16H20N2O2. The lowest BCUT2D eigenvalue weighted by Crippen LogP contribution is -2.53. The van der Waals surface area contributed by atoms with Crippen molar-refractivity contribution < 1.29 is 9.53 Å². The zero-order chi connectivity index (χ0) is 14.3. The van der Waals surface area contributed by atoms with Crippen LogP contribution in [0.25, 0.3) is 10.9 Å². The highest BCUT2D eigenvalue weighted by Crippen LogP contribution is 2.23. The van der Waals surface area contributed by atoms with Gasteiger partial charge in [-0.2, -0.15) is 0 Å². The number of benzene rings is 1. The van der Waals surface area contributed by atoms with Crippen molar-refractivity contribution in [2.45, 2.75) is 32.5 Å². The molecule has 1 atom stereocenters. The van der Waals surface area contributed by atoms with Gasteiger partial charge in [-0.1, -0.05) is 6.07 Å². The Morgan fingerprint density at radius 2 is 2.20 bits per heavy atom. The molecule has 1 aromatic carbocycles. The number of carbonyl (C=O) groups excluding carboxylic acids is 1. The summed E-state index contributed by atoms with van der Waals surface area (Å²) in [6.45, 7) is 7.33. The summed E-state index contributed by atoms with van der Waals surface area (Å²) in [5, 5.41) is 1.12. The Hall–Kier alpha value is -1.81. The van der Waals surface area contributed by atoms with Crippen LogP contribution in [-0.4, -0.2) is 40.6 Å². The SMILES string of the molecule is CC1CN(C(=O)c2ccc3cc[nH]c3c2)CC(C)(C)O1. The second-order valence-electron chi connectivity index (χ2n) is 6.15. The maximum absolute atomic E-state index is 12.7. The van der Waals surface area contributed by atoms with Gasteiger partial charge in [0.05, 0.1) is 11.7 Å². The summed E-state index contributed by atoms with van der Waals surface area (Å²) in [4.78, 5) is 17.7. The Bertz CT molecular complexity index is 645. The van der Waals surface area contributed by atoms with Crippen LogP contribution in [0.4, 0.5) is 0 Å². The first-order chi connectivity index (χ1) is 9.44. The zero-order valence-corrected chi connectivity index (χ0v) is 12.1. The van der Waals surface area contributed by atoms with Gasteiger partial charge < -0.3 is 14.6 Å². The van der Waals surface area contributed by atoms with Crippen LogP contribution in [0.2, 0.25) is 0 Å². The smallest absolute Gasteiger partial charge is 0.254 e. The van der Waals surface area contributed by atoms with Gasteiger partial charge in [-0.3, -0.25) is 4.79 Å². The van der Waals surface area contributed by atoms with E-state index in [2.05, 4.69) is 4.98 Å². The van der Waals surface area contributed by atoms with Gasteiger partial charge in [0.2, 0.25) is 0 Å². The van der Waals surface area contributed by atoms with E-state index >= 15 is 0 Å². The summed E-state index contributed by atoms with van der Waals surface area (Å²) < 4.78 is 5.85. The molecule has 1 aromatic heterocycles. The third-order valence-electron chi connectivity index (χ3n) is 3.66. The van der Waals surface area contributed by atoms with Gasteiger partial charge in [0.25, 0.3) is 5.91 Å². The predicted octanol–water partition coefficient (Wildman–Crippen LogP) is 2.81. The van der Waals surface area contributed by atoms with Crippen LogP contribution < -0.4 is 0 Å². The molecular weight excluding hydrogens is 252 g/mol. The second kappa shape index (κ2) is 4.63. The molecule has 20 heavy (non-hydrogen) atoms. The number of carbonyl (C=O) groups is 1. The third-order valence-corrected chi connectivity index (χ3v) is 3.66. The molecule has 106 valence electrons. The molecule has 0 spiro atoms. The van der Waals surface area contributed by atoms with Gasteiger partial charge in [-0.05, 0) is 44.4 Å². The van der Waals surface area contributed by atoms with Crippen molar-refractivity contribution in [3.05, 3.63) is 36.0 Å². The first-order valence-electron chi connectivity index (χ1n) is 6.99. The van der Waals surface area contributed by atoms with Crippen molar-refractivity contribution in [1.82, 2.24) is 9.88 Å². The van der Waals surface area contributed by atoms with Crippen LogP contribution in [0.3, 0.4) is 0 Å². The van der Waals surface area contributed by atoms with E-state index in [1.54, 1.807) is 0 Å². The standard InChI is InChI=1S/C16H20N2O2/c1-11-9-18(10-16(2,3)20-11)15(19)13-5-4-12-6-7-17-14(12)8-13/h4-8,11,17H,9-10H2,1-3H3. The molecule has 2 aromatic rings. The largest absolute Gasteiger partial charge is 0.369 e. The average Bonchev–Trinajstić information content (AvgIpc) is 2.82. The highest BCUT2D eigenvalue weighted by Gasteiger charge is 2.34. The molecule has 0 radical (unpaired) electrons. The minimum atomic E-state index is -0.288. The van der Waals surface area contributed by atoms with Gasteiger partial charge >= 0.3 is 0 Å². The fourth-order valence-corrected chi connectivity index (χ4v) is 2.97. The number of hydrogen-bond donors (Lipinski definition) is 1. The second-order valence-corrected chi connectivity index (χ2v) is 6.15. The molecule has 1 unspecified atom stereocenters. The van der Waals surface area contributed by atoms with E-state index in [0.29, 0.717) is 13.1 Å². The molecule has 1 N–H and O–H groups in total. The molecule has 3 rings (SSSR count). The van der Waals surface area contributed by atoms with Crippen LogP contribution in [0.15, 0.2) is 30.5 Å². The minimum Gasteiger partial charge on any atom is -0.369 e. The van der Waals surface area contributed by atoms with E-state index in [-0.39, 0.29) is 17.6 Å². The van der Waals surface area contributed by atoms with Gasteiger partial charge in [-0.25, -0.2) is 0 Å². The zero-order valence-electron chi connectivity index (χ0n) is 12.1. The number of morpholine rings is 1. The Balaban J connectivity index is 1.87. The third kappa shape index (κ3) is 2.43. The van der Waals surface area contributed by atoms with Crippen molar-refractivity contribution in [3.63, 3.8) is 0 Å². The molecule has 4 nitrogen and oxygen atoms in total. The minimum absolute atomic E-state index is 0.0666. The number of amides is 1. The van der Waals surface area contributed by atoms with Gasteiger partial charge in [-0.15, -0.1) is 0 Å². The number of nitrogens with one attached hydrogen (secondary N) is 1. The molecule has 0 saturated carbocycles. The normalized spacial score (nSPS) is 22.1. The number of hydrogen-bond acceptors (Lipinski definition) is 2. The van der Waals surface area contributed by atoms with Gasteiger partial charge in [0.15, 0.2) is 0 Å². The lowest BCUT2D eigenvalue weighted by molar-refractivity contribution is -0.118. The van der Waals surface area contributed by atoms with E-state index in [9.17, 15) is 4.79 Å². The molecule has 1 amide bonds. The summed E-state index contributed by atoms with van der Waals surface area (Å²) in [5.41, 5.74) is 1.44. The summed E-state index contributed by atoms with van der Waals surface area (Å²) in [6.07, 6.45) is 1.95. The number of nitrogens with zero attached hydrogens (tertiary/aromatic N) is 1. The molecule has 0 bridgehead atoms. The average molecular weight is 272 g/mol. The van der Waals surface area contributed by atoms with Crippen molar-refractivity contribution in [2.24, 2.45) is 0 Å². The van der Waals surface area contributed by atoms with Crippen LogP contribution in [0, 0.1) is 0 Å². The fourth-order valence-electron chi connectivity index (χ4n) is 2.97. The highest BCUT2D eigenvalue weighted by molar-refractivity contribution is 5.98. The predicted molar refractivity (Wildman–Crippen MR) is 78.8 cm³/mol. The lowest BCUT2D eigenvalue weighted by Gasteiger charge is -2.41. The van der Waals surface area contributed by atoms with E-state index in [1.807, 2.05) is 56.1 Å². The Labute approximate surface area is 118 Å². The maximum atomic E-state index is 12.7. The monoisotopic (exact) mass is 272 g/mol. The van der Waals surface area contributed by atoms with Crippen molar-refractivity contribution in [1.29, 1.82) is 0 Å². The van der Waals surface area contributed by atoms with Crippen LogP contribution in [0.5, 0.6) is 0 Å². The summed E-state index contributed by atoms with van der Waals surface area (Å²) in [5.74, 6) is 0.0738. The Morgan fingerprint density at radius 3 is 2.95 bits per heavy atom. The number of aromatic nitrogens is 1. The lowest BCUT2D eigenvalue weighted by atomic mass is 10.0. The first-order valence-corrected chi connectivity index (χ1v) is 6.99. The number of ether oxygens (including phenoxy) is 1. The fraction of sp³-hybridized carbons (Fsp3) is 0.438. The van der Waals surface area contributed by atoms with E-state index in [1.165, 1.54) is 0 Å². The van der Waals surface area contributed by atoms with Crippen LogP contribution in [-0.2, 0) is 4.74 Å². The molecule has 1 aliphatic heterocycles. The van der Waals surface area contributed by atoms with Crippen LogP contribution >= 0.6 is 0 Å². The Morgan fingerprint density at radius 1 is 1.40 bits per heavy atom. The quantitative estimate of drug-likeness (QED) is 0.867. The molecule has 1 fully saturated rings. The van der Waals surface area contributed by atoms with Gasteiger partial charge in [0.1, 0.15) is 0 Å². The maximum Gasteiger partial charge on any atom is 0.254 e. The number of fused-ring (bicyclic) bond motifs is 1. The molecule has 0 aliphatic carbocycles. The van der Waals surface area contributed by atoms with E-state index in [4.69, 9.17) is 4.74 Å².